The Balaban J connectivity index is 1.75. The lowest BCUT2D eigenvalue weighted by molar-refractivity contribution is -0.136. The predicted molar refractivity (Wildman–Crippen MR) is 75.4 cm³/mol. The van der Waals surface area contributed by atoms with E-state index in [-0.39, 0.29) is 6.54 Å². The molecule has 1 unspecified atom stereocenters. The molecule has 1 aromatic heterocycles. The molecule has 0 saturated carbocycles. The number of rotatable bonds is 6. The van der Waals surface area contributed by atoms with Gasteiger partial charge in [-0.2, -0.15) is 0 Å². The van der Waals surface area contributed by atoms with E-state index in [9.17, 15) is 4.79 Å². The normalized spacial score (nSPS) is 20.6. The molecule has 0 spiro atoms. The summed E-state index contributed by atoms with van der Waals surface area (Å²) in [6.45, 7) is 6.04. The van der Waals surface area contributed by atoms with E-state index < -0.39 is 5.97 Å². The zero-order chi connectivity index (χ0) is 13.7. The Hall–Kier alpha value is -0.980. The van der Waals surface area contributed by atoms with Crippen molar-refractivity contribution < 1.29 is 9.90 Å². The Kier molecular flexibility index (Phi) is 5.30. The average molecular weight is 283 g/mol. The average Bonchev–Trinajstić information content (AvgIpc) is 2.75. The zero-order valence-electron chi connectivity index (χ0n) is 11.3. The van der Waals surface area contributed by atoms with Crippen LogP contribution < -0.4 is 5.32 Å². The van der Waals surface area contributed by atoms with Crippen molar-refractivity contribution in [3.8, 4) is 0 Å². The van der Waals surface area contributed by atoms with Gasteiger partial charge in [-0.25, -0.2) is 4.98 Å². The molecule has 0 amide bonds. The number of carbonyl (C=O) groups is 1. The number of nitrogens with one attached hydrogen (secondary N) is 1. The molecular weight excluding hydrogens is 262 g/mol. The van der Waals surface area contributed by atoms with Crippen LogP contribution in [0.4, 0.5) is 0 Å². The molecule has 0 radical (unpaired) electrons. The van der Waals surface area contributed by atoms with Crippen LogP contribution in [-0.4, -0.2) is 47.1 Å². The number of aromatic nitrogens is 1. The van der Waals surface area contributed by atoms with Crippen molar-refractivity contribution in [3.05, 3.63) is 16.1 Å². The second-order valence-corrected chi connectivity index (χ2v) is 6.43. The SMILES string of the molecule is Cc1ncc(CN2CCCC(CNCC(=O)O)C2)s1. The molecule has 1 aromatic rings. The van der Waals surface area contributed by atoms with Crippen molar-refractivity contribution in [2.45, 2.75) is 26.3 Å². The molecular formula is C13H21N3O2S. The first kappa shape index (κ1) is 14.4. The van der Waals surface area contributed by atoms with Gasteiger partial charge in [-0.1, -0.05) is 0 Å². The summed E-state index contributed by atoms with van der Waals surface area (Å²) in [5, 5.41) is 12.7. The van der Waals surface area contributed by atoms with Crippen LogP contribution in [0.3, 0.4) is 0 Å². The number of hydrogen-bond acceptors (Lipinski definition) is 5. The number of aliphatic carboxylic acids is 1. The van der Waals surface area contributed by atoms with Crippen LogP contribution >= 0.6 is 11.3 Å². The highest BCUT2D eigenvalue weighted by molar-refractivity contribution is 7.11. The van der Waals surface area contributed by atoms with E-state index in [1.165, 1.54) is 17.7 Å². The maximum Gasteiger partial charge on any atom is 0.317 e. The van der Waals surface area contributed by atoms with Gasteiger partial charge in [0, 0.05) is 24.2 Å². The Morgan fingerprint density at radius 3 is 3.21 bits per heavy atom. The second-order valence-electron chi connectivity index (χ2n) is 5.11. The maximum atomic E-state index is 10.5. The molecule has 0 aromatic carbocycles. The second kappa shape index (κ2) is 6.98. The number of piperidine rings is 1. The van der Waals surface area contributed by atoms with Gasteiger partial charge in [0.2, 0.25) is 0 Å². The molecule has 1 aliphatic heterocycles. The topological polar surface area (TPSA) is 65.5 Å². The standard InChI is InChI=1S/C13H21N3O2S/c1-10-15-6-12(19-10)9-16-4-2-3-11(8-16)5-14-7-13(17)18/h6,11,14H,2-5,7-9H2,1H3,(H,17,18). The summed E-state index contributed by atoms with van der Waals surface area (Å²) in [6, 6.07) is 0. The number of carboxylic acid groups (broad SMARTS) is 1. The number of aryl methyl sites for hydroxylation is 1. The van der Waals surface area contributed by atoms with Crippen molar-refractivity contribution >= 4 is 17.3 Å². The lowest BCUT2D eigenvalue weighted by Gasteiger charge is -2.32. The monoisotopic (exact) mass is 283 g/mol. The van der Waals surface area contributed by atoms with Gasteiger partial charge in [0.25, 0.3) is 0 Å². The fourth-order valence-electron chi connectivity index (χ4n) is 2.54. The van der Waals surface area contributed by atoms with Crippen LogP contribution in [-0.2, 0) is 11.3 Å². The van der Waals surface area contributed by atoms with Crippen LogP contribution in [0.2, 0.25) is 0 Å². The van der Waals surface area contributed by atoms with E-state index in [0.717, 1.165) is 31.2 Å². The van der Waals surface area contributed by atoms with E-state index >= 15 is 0 Å². The van der Waals surface area contributed by atoms with Crippen molar-refractivity contribution in [1.82, 2.24) is 15.2 Å². The van der Waals surface area contributed by atoms with E-state index in [1.807, 2.05) is 13.1 Å². The number of thiazole rings is 1. The molecule has 1 atom stereocenters. The fourth-order valence-corrected chi connectivity index (χ4v) is 3.38. The van der Waals surface area contributed by atoms with Crippen LogP contribution in [0.5, 0.6) is 0 Å². The van der Waals surface area contributed by atoms with Gasteiger partial charge in [0.1, 0.15) is 0 Å². The quantitative estimate of drug-likeness (QED) is 0.825. The Morgan fingerprint density at radius 2 is 2.53 bits per heavy atom. The summed E-state index contributed by atoms with van der Waals surface area (Å²) in [4.78, 5) is 18.5. The van der Waals surface area contributed by atoms with Crippen LogP contribution in [0.15, 0.2) is 6.20 Å². The highest BCUT2D eigenvalue weighted by Crippen LogP contribution is 2.20. The van der Waals surface area contributed by atoms with Gasteiger partial charge in [0.05, 0.1) is 11.6 Å². The van der Waals surface area contributed by atoms with Gasteiger partial charge >= 0.3 is 5.97 Å². The van der Waals surface area contributed by atoms with Crippen LogP contribution in [0.25, 0.3) is 0 Å². The third-order valence-electron chi connectivity index (χ3n) is 3.36. The number of likely N-dealkylation sites (tertiary alicyclic amines) is 1. The van der Waals surface area contributed by atoms with Gasteiger partial charge in [-0.3, -0.25) is 9.69 Å². The predicted octanol–water partition coefficient (Wildman–Crippen LogP) is 1.34. The molecule has 0 aliphatic carbocycles. The molecule has 5 nitrogen and oxygen atoms in total. The molecule has 2 rings (SSSR count). The number of nitrogens with zero attached hydrogens (tertiary/aromatic N) is 2. The highest BCUT2D eigenvalue weighted by Gasteiger charge is 2.20. The molecule has 1 saturated heterocycles. The van der Waals surface area contributed by atoms with Crippen molar-refractivity contribution in [1.29, 1.82) is 0 Å². The molecule has 1 aliphatic rings. The Morgan fingerprint density at radius 1 is 1.68 bits per heavy atom. The Labute approximate surface area is 117 Å². The van der Waals surface area contributed by atoms with Gasteiger partial charge in [-0.15, -0.1) is 11.3 Å². The third-order valence-corrected chi connectivity index (χ3v) is 4.26. The summed E-state index contributed by atoms with van der Waals surface area (Å²) in [7, 11) is 0. The molecule has 106 valence electrons. The molecule has 0 bridgehead atoms. The summed E-state index contributed by atoms with van der Waals surface area (Å²) in [5.74, 6) is -0.227. The van der Waals surface area contributed by atoms with Gasteiger partial charge < -0.3 is 10.4 Å². The molecule has 6 heteroatoms. The first-order valence-electron chi connectivity index (χ1n) is 6.69. The Bertz CT molecular complexity index is 422. The lowest BCUT2D eigenvalue weighted by atomic mass is 9.98. The van der Waals surface area contributed by atoms with Crippen molar-refractivity contribution in [3.63, 3.8) is 0 Å². The van der Waals surface area contributed by atoms with Crippen molar-refractivity contribution in [2.24, 2.45) is 5.92 Å². The summed E-state index contributed by atoms with van der Waals surface area (Å²) in [6.07, 6.45) is 4.34. The maximum absolute atomic E-state index is 10.5. The molecule has 1 fully saturated rings. The van der Waals surface area contributed by atoms with E-state index in [1.54, 1.807) is 11.3 Å². The largest absolute Gasteiger partial charge is 0.480 e. The first-order valence-corrected chi connectivity index (χ1v) is 7.51. The minimum absolute atomic E-state index is 0.0601. The number of hydrogen-bond donors (Lipinski definition) is 2. The summed E-state index contributed by atoms with van der Waals surface area (Å²) >= 11 is 1.76. The summed E-state index contributed by atoms with van der Waals surface area (Å²) in [5.41, 5.74) is 0. The van der Waals surface area contributed by atoms with E-state index in [4.69, 9.17) is 5.11 Å². The van der Waals surface area contributed by atoms with E-state index in [0.29, 0.717) is 5.92 Å². The van der Waals surface area contributed by atoms with E-state index in [2.05, 4.69) is 15.2 Å². The van der Waals surface area contributed by atoms with Crippen molar-refractivity contribution in [2.75, 3.05) is 26.2 Å². The van der Waals surface area contributed by atoms with Gasteiger partial charge in [0.15, 0.2) is 0 Å². The highest BCUT2D eigenvalue weighted by atomic mass is 32.1. The minimum Gasteiger partial charge on any atom is -0.480 e. The first-order chi connectivity index (χ1) is 9.13. The summed E-state index contributed by atoms with van der Waals surface area (Å²) < 4.78 is 0. The number of carboxylic acids is 1. The zero-order valence-corrected chi connectivity index (χ0v) is 12.1. The van der Waals surface area contributed by atoms with Crippen LogP contribution in [0, 0.1) is 12.8 Å². The molecule has 2 heterocycles. The third kappa shape index (κ3) is 4.89. The van der Waals surface area contributed by atoms with Gasteiger partial charge in [-0.05, 0) is 38.8 Å². The van der Waals surface area contributed by atoms with Crippen LogP contribution in [0.1, 0.15) is 22.7 Å². The lowest BCUT2D eigenvalue weighted by Crippen LogP contribution is -2.40. The smallest absolute Gasteiger partial charge is 0.317 e. The minimum atomic E-state index is -0.784. The molecule has 19 heavy (non-hydrogen) atoms. The molecule has 2 N–H and O–H groups in total. The fraction of sp³-hybridized carbons (Fsp3) is 0.692.